The standard InChI is InChI=1S/C15H22BrN3O/c1-11-4-5-14(13(16)10-11)17-15(20)12(2)19-8-6-18(3)7-9-19/h4-5,10,12H,6-9H2,1-3H3,(H,17,20). The summed E-state index contributed by atoms with van der Waals surface area (Å²) in [6, 6.07) is 5.85. The summed E-state index contributed by atoms with van der Waals surface area (Å²) in [6.07, 6.45) is 0. The zero-order valence-electron chi connectivity index (χ0n) is 12.3. The molecule has 1 saturated heterocycles. The van der Waals surface area contributed by atoms with Crippen LogP contribution in [0, 0.1) is 6.92 Å². The summed E-state index contributed by atoms with van der Waals surface area (Å²) in [5.41, 5.74) is 2.00. The van der Waals surface area contributed by atoms with Gasteiger partial charge in [-0.15, -0.1) is 0 Å². The molecule has 1 amide bonds. The number of carbonyl (C=O) groups is 1. The lowest BCUT2D eigenvalue weighted by molar-refractivity contribution is -0.121. The van der Waals surface area contributed by atoms with Gasteiger partial charge in [0, 0.05) is 30.7 Å². The zero-order chi connectivity index (χ0) is 14.7. The number of likely N-dealkylation sites (N-methyl/N-ethyl adjacent to an activating group) is 1. The summed E-state index contributed by atoms with van der Waals surface area (Å²) in [6.45, 7) is 7.93. The number of aryl methyl sites for hydroxylation is 1. The van der Waals surface area contributed by atoms with Gasteiger partial charge in [-0.1, -0.05) is 6.07 Å². The van der Waals surface area contributed by atoms with Crippen molar-refractivity contribution in [1.29, 1.82) is 0 Å². The molecule has 0 radical (unpaired) electrons. The van der Waals surface area contributed by atoms with E-state index in [1.165, 1.54) is 5.56 Å². The van der Waals surface area contributed by atoms with Crippen LogP contribution in [-0.4, -0.2) is 55.0 Å². The fourth-order valence-electron chi connectivity index (χ4n) is 2.33. The number of hydrogen-bond donors (Lipinski definition) is 1. The molecular weight excluding hydrogens is 318 g/mol. The van der Waals surface area contributed by atoms with Crippen molar-refractivity contribution in [2.75, 3.05) is 38.5 Å². The number of nitrogens with zero attached hydrogens (tertiary/aromatic N) is 2. The minimum atomic E-state index is -0.100. The van der Waals surface area contributed by atoms with Crippen LogP contribution in [0.3, 0.4) is 0 Å². The third-order valence-electron chi connectivity index (χ3n) is 3.85. The topological polar surface area (TPSA) is 35.6 Å². The summed E-state index contributed by atoms with van der Waals surface area (Å²) in [4.78, 5) is 16.9. The lowest BCUT2D eigenvalue weighted by Crippen LogP contribution is -2.51. The predicted octanol–water partition coefficient (Wildman–Crippen LogP) is 2.33. The first kappa shape index (κ1) is 15.5. The smallest absolute Gasteiger partial charge is 0.241 e. The molecule has 1 aliphatic rings. The van der Waals surface area contributed by atoms with Crippen molar-refractivity contribution in [2.24, 2.45) is 0 Å². The Bertz CT molecular complexity index is 484. The van der Waals surface area contributed by atoms with Gasteiger partial charge in [0.2, 0.25) is 5.91 Å². The maximum absolute atomic E-state index is 12.3. The predicted molar refractivity (Wildman–Crippen MR) is 86.0 cm³/mol. The molecular formula is C15H22BrN3O. The SMILES string of the molecule is Cc1ccc(NC(=O)C(C)N2CCN(C)CC2)c(Br)c1. The fourth-order valence-corrected chi connectivity index (χ4v) is 2.93. The van der Waals surface area contributed by atoms with Crippen LogP contribution in [0.1, 0.15) is 12.5 Å². The lowest BCUT2D eigenvalue weighted by atomic mass is 10.2. The van der Waals surface area contributed by atoms with Gasteiger partial charge in [-0.05, 0) is 54.5 Å². The number of halogens is 1. The molecule has 20 heavy (non-hydrogen) atoms. The molecule has 1 aliphatic heterocycles. The number of piperazine rings is 1. The Balaban J connectivity index is 1.97. The average Bonchev–Trinajstić information content (AvgIpc) is 2.42. The van der Waals surface area contributed by atoms with Crippen LogP contribution in [0.4, 0.5) is 5.69 Å². The van der Waals surface area contributed by atoms with Crippen LogP contribution >= 0.6 is 15.9 Å². The summed E-state index contributed by atoms with van der Waals surface area (Å²) in [7, 11) is 2.12. The van der Waals surface area contributed by atoms with Crippen LogP contribution < -0.4 is 5.32 Å². The number of hydrogen-bond acceptors (Lipinski definition) is 3. The Morgan fingerprint density at radius 3 is 2.55 bits per heavy atom. The maximum atomic E-state index is 12.3. The maximum Gasteiger partial charge on any atom is 0.241 e. The molecule has 110 valence electrons. The average molecular weight is 340 g/mol. The highest BCUT2D eigenvalue weighted by molar-refractivity contribution is 9.10. The van der Waals surface area contributed by atoms with E-state index in [0.717, 1.165) is 36.3 Å². The second-order valence-corrected chi connectivity index (χ2v) is 6.34. The minimum Gasteiger partial charge on any atom is -0.324 e. The van der Waals surface area contributed by atoms with Gasteiger partial charge in [0.05, 0.1) is 11.7 Å². The Labute approximate surface area is 129 Å². The molecule has 1 fully saturated rings. The van der Waals surface area contributed by atoms with E-state index in [4.69, 9.17) is 0 Å². The molecule has 1 N–H and O–H groups in total. The van der Waals surface area contributed by atoms with Gasteiger partial charge >= 0.3 is 0 Å². The molecule has 4 nitrogen and oxygen atoms in total. The zero-order valence-corrected chi connectivity index (χ0v) is 13.9. The second kappa shape index (κ2) is 6.70. The van der Waals surface area contributed by atoms with Gasteiger partial charge < -0.3 is 10.2 Å². The van der Waals surface area contributed by atoms with E-state index in [2.05, 4.69) is 38.1 Å². The van der Waals surface area contributed by atoms with E-state index in [1.807, 2.05) is 32.0 Å². The van der Waals surface area contributed by atoms with Gasteiger partial charge in [0.25, 0.3) is 0 Å². The summed E-state index contributed by atoms with van der Waals surface area (Å²) in [5.74, 6) is 0.0547. The second-order valence-electron chi connectivity index (χ2n) is 5.49. The van der Waals surface area contributed by atoms with Crippen LogP contribution in [0.2, 0.25) is 0 Å². The summed E-state index contributed by atoms with van der Waals surface area (Å²) < 4.78 is 0.927. The van der Waals surface area contributed by atoms with Gasteiger partial charge in [-0.3, -0.25) is 9.69 Å². The van der Waals surface area contributed by atoms with Crippen molar-refractivity contribution in [3.8, 4) is 0 Å². The molecule has 0 saturated carbocycles. The van der Waals surface area contributed by atoms with E-state index in [9.17, 15) is 4.79 Å². The summed E-state index contributed by atoms with van der Waals surface area (Å²) in [5, 5.41) is 3.00. The Hall–Kier alpha value is -0.910. The first-order valence-electron chi connectivity index (χ1n) is 6.97. The molecule has 1 heterocycles. The molecule has 1 aromatic rings. The van der Waals surface area contributed by atoms with Crippen LogP contribution in [0.25, 0.3) is 0 Å². The van der Waals surface area contributed by atoms with E-state index < -0.39 is 0 Å². The van der Waals surface area contributed by atoms with E-state index in [-0.39, 0.29) is 11.9 Å². The molecule has 0 aromatic heterocycles. The minimum absolute atomic E-state index is 0.0547. The van der Waals surface area contributed by atoms with Crippen molar-refractivity contribution in [2.45, 2.75) is 19.9 Å². The number of rotatable bonds is 3. The Morgan fingerprint density at radius 2 is 1.95 bits per heavy atom. The number of nitrogens with one attached hydrogen (secondary N) is 1. The molecule has 5 heteroatoms. The third kappa shape index (κ3) is 3.81. The van der Waals surface area contributed by atoms with Crippen molar-refractivity contribution in [1.82, 2.24) is 9.80 Å². The van der Waals surface area contributed by atoms with Crippen molar-refractivity contribution in [3.05, 3.63) is 28.2 Å². The van der Waals surface area contributed by atoms with Gasteiger partial charge in [-0.25, -0.2) is 0 Å². The highest BCUT2D eigenvalue weighted by Crippen LogP contribution is 2.23. The van der Waals surface area contributed by atoms with Crippen molar-refractivity contribution in [3.63, 3.8) is 0 Å². The Morgan fingerprint density at radius 1 is 1.30 bits per heavy atom. The number of carbonyl (C=O) groups excluding carboxylic acids is 1. The number of anilines is 1. The number of benzene rings is 1. The molecule has 0 bridgehead atoms. The lowest BCUT2D eigenvalue weighted by Gasteiger charge is -2.35. The van der Waals surface area contributed by atoms with Crippen molar-refractivity contribution < 1.29 is 4.79 Å². The molecule has 1 aromatic carbocycles. The monoisotopic (exact) mass is 339 g/mol. The highest BCUT2D eigenvalue weighted by atomic mass is 79.9. The van der Waals surface area contributed by atoms with E-state index >= 15 is 0 Å². The first-order chi connectivity index (χ1) is 9.47. The summed E-state index contributed by atoms with van der Waals surface area (Å²) >= 11 is 3.49. The van der Waals surface area contributed by atoms with Crippen molar-refractivity contribution >= 4 is 27.5 Å². The van der Waals surface area contributed by atoms with Crippen LogP contribution in [0.15, 0.2) is 22.7 Å². The molecule has 1 atom stereocenters. The van der Waals surface area contributed by atoms with E-state index in [0.29, 0.717) is 0 Å². The number of amides is 1. The van der Waals surface area contributed by atoms with E-state index in [1.54, 1.807) is 0 Å². The van der Waals surface area contributed by atoms with Gasteiger partial charge in [0.15, 0.2) is 0 Å². The third-order valence-corrected chi connectivity index (χ3v) is 4.50. The van der Waals surface area contributed by atoms with Crippen LogP contribution in [-0.2, 0) is 4.79 Å². The first-order valence-corrected chi connectivity index (χ1v) is 7.76. The van der Waals surface area contributed by atoms with Gasteiger partial charge in [0.1, 0.15) is 0 Å². The molecule has 2 rings (SSSR count). The normalized spacial score (nSPS) is 18.8. The fraction of sp³-hybridized carbons (Fsp3) is 0.533. The Kier molecular flexibility index (Phi) is 5.18. The molecule has 0 aliphatic carbocycles. The quantitative estimate of drug-likeness (QED) is 0.917. The molecule has 0 spiro atoms. The molecule has 1 unspecified atom stereocenters. The van der Waals surface area contributed by atoms with Crippen LogP contribution in [0.5, 0.6) is 0 Å². The highest BCUT2D eigenvalue weighted by Gasteiger charge is 2.24. The largest absolute Gasteiger partial charge is 0.324 e. The van der Waals surface area contributed by atoms with Gasteiger partial charge in [-0.2, -0.15) is 0 Å².